The van der Waals surface area contributed by atoms with E-state index < -0.39 is 28.4 Å². The molecule has 21 heavy (non-hydrogen) atoms. The van der Waals surface area contributed by atoms with Crippen LogP contribution < -0.4 is 0 Å². The minimum atomic E-state index is -1.18. The molecule has 0 aliphatic heterocycles. The molecule has 7 nitrogen and oxygen atoms in total. The number of ether oxygens (including phenoxy) is 1. The van der Waals surface area contributed by atoms with Crippen molar-refractivity contribution in [3.8, 4) is 0 Å². The normalized spacial score (nSPS) is 11.5. The highest BCUT2D eigenvalue weighted by atomic mass is 16.6. The number of nitrogens with zero attached hydrogens (tertiary/aromatic N) is 1. The maximum Gasteiger partial charge on any atom is 0.316 e. The molecule has 1 rings (SSSR count). The number of Topliss-reactive ketones (excluding diaryl/α,β-unsaturated/α-hetero) is 2. The molecule has 0 aromatic heterocycles. The van der Waals surface area contributed by atoms with Gasteiger partial charge in [-0.15, -0.1) is 0 Å². The summed E-state index contributed by atoms with van der Waals surface area (Å²) in [7, 11) is 0. The van der Waals surface area contributed by atoms with Crippen molar-refractivity contribution in [3.05, 3.63) is 39.9 Å². The van der Waals surface area contributed by atoms with E-state index in [-0.39, 0.29) is 24.3 Å². The molecule has 0 unspecified atom stereocenters. The summed E-state index contributed by atoms with van der Waals surface area (Å²) in [4.78, 5) is 45.2. The summed E-state index contributed by atoms with van der Waals surface area (Å²) in [6.07, 6.45) is -0.366. The molecule has 0 aliphatic rings. The van der Waals surface area contributed by atoms with E-state index in [0.29, 0.717) is 0 Å². The minimum absolute atomic E-state index is 0.0831. The summed E-state index contributed by atoms with van der Waals surface area (Å²) in [5, 5.41) is 10.7. The number of hydrogen-bond acceptors (Lipinski definition) is 6. The average Bonchev–Trinajstić information content (AvgIpc) is 2.44. The lowest BCUT2D eigenvalue weighted by molar-refractivity contribution is -0.384. The third-order valence-corrected chi connectivity index (χ3v) is 2.83. The van der Waals surface area contributed by atoms with E-state index in [9.17, 15) is 24.5 Å². The molecule has 0 saturated heterocycles. The van der Waals surface area contributed by atoms with E-state index in [1.807, 2.05) is 0 Å². The summed E-state index contributed by atoms with van der Waals surface area (Å²) in [6.45, 7) is 2.90. The lowest BCUT2D eigenvalue weighted by Crippen LogP contribution is -2.27. The van der Waals surface area contributed by atoms with Crippen LogP contribution in [0.4, 0.5) is 5.69 Å². The van der Waals surface area contributed by atoms with E-state index in [1.165, 1.54) is 25.1 Å². The number of nitro benzene ring substituents is 1. The molecule has 1 aromatic rings. The van der Waals surface area contributed by atoms with Gasteiger partial charge < -0.3 is 4.74 Å². The first-order chi connectivity index (χ1) is 9.86. The third-order valence-electron chi connectivity index (χ3n) is 2.83. The topological polar surface area (TPSA) is 104 Å². The molecule has 0 saturated carbocycles. The second-order valence-electron chi connectivity index (χ2n) is 4.35. The first-order valence-electron chi connectivity index (χ1n) is 6.31. The summed E-state index contributed by atoms with van der Waals surface area (Å²) >= 11 is 0. The van der Waals surface area contributed by atoms with Crippen LogP contribution in [0.25, 0.3) is 0 Å². The maximum atomic E-state index is 12.1. The van der Waals surface area contributed by atoms with Gasteiger partial charge in [0.15, 0.2) is 5.78 Å². The van der Waals surface area contributed by atoms with Gasteiger partial charge in [-0.2, -0.15) is 0 Å². The van der Waals surface area contributed by atoms with Crippen molar-refractivity contribution < 1.29 is 24.0 Å². The van der Waals surface area contributed by atoms with Gasteiger partial charge in [0.05, 0.1) is 11.5 Å². The summed E-state index contributed by atoms with van der Waals surface area (Å²) in [6, 6.07) is 5.14. The van der Waals surface area contributed by atoms with E-state index in [0.717, 1.165) is 6.07 Å². The molecule has 1 aromatic carbocycles. The Morgan fingerprint density at radius 3 is 2.52 bits per heavy atom. The van der Waals surface area contributed by atoms with Gasteiger partial charge in [-0.25, -0.2) is 0 Å². The predicted octanol–water partition coefficient (Wildman–Crippen LogP) is 1.94. The van der Waals surface area contributed by atoms with Gasteiger partial charge in [0.2, 0.25) is 0 Å². The predicted molar refractivity (Wildman–Crippen MR) is 72.8 cm³/mol. The molecular formula is C14H15NO6. The Kier molecular flexibility index (Phi) is 5.71. The summed E-state index contributed by atoms with van der Waals surface area (Å²) < 4.78 is 4.74. The van der Waals surface area contributed by atoms with Crippen LogP contribution in [0, 0.1) is 16.0 Å². The van der Waals surface area contributed by atoms with Crippen molar-refractivity contribution in [1.82, 2.24) is 0 Å². The van der Waals surface area contributed by atoms with Gasteiger partial charge in [-0.1, -0.05) is 12.1 Å². The highest BCUT2D eigenvalue weighted by Gasteiger charge is 2.28. The lowest BCUT2D eigenvalue weighted by Gasteiger charge is -2.11. The average molecular weight is 293 g/mol. The van der Waals surface area contributed by atoms with E-state index in [1.54, 1.807) is 6.92 Å². The van der Waals surface area contributed by atoms with Gasteiger partial charge in [0.1, 0.15) is 11.7 Å². The molecule has 0 aliphatic carbocycles. The Bertz CT molecular complexity index is 581. The van der Waals surface area contributed by atoms with Crippen LogP contribution in [0.2, 0.25) is 0 Å². The highest BCUT2D eigenvalue weighted by molar-refractivity contribution is 6.05. The summed E-state index contributed by atoms with van der Waals surface area (Å²) in [5.41, 5.74) is -0.142. The number of carbonyl (C=O) groups is 3. The number of carbonyl (C=O) groups excluding carboxylic acids is 3. The Morgan fingerprint density at radius 1 is 1.33 bits per heavy atom. The van der Waals surface area contributed by atoms with Gasteiger partial charge in [0.25, 0.3) is 5.69 Å². The van der Waals surface area contributed by atoms with Gasteiger partial charge in [-0.05, 0) is 13.8 Å². The summed E-state index contributed by atoms with van der Waals surface area (Å²) in [5.74, 6) is -2.94. The second-order valence-corrected chi connectivity index (χ2v) is 4.35. The first-order valence-corrected chi connectivity index (χ1v) is 6.31. The fourth-order valence-electron chi connectivity index (χ4n) is 1.73. The second kappa shape index (κ2) is 7.28. The van der Waals surface area contributed by atoms with E-state index in [4.69, 9.17) is 4.74 Å². The molecule has 0 bridgehead atoms. The molecule has 0 fully saturated rings. The fourth-order valence-corrected chi connectivity index (χ4v) is 1.73. The highest BCUT2D eigenvalue weighted by Crippen LogP contribution is 2.17. The van der Waals surface area contributed by atoms with Crippen molar-refractivity contribution in [3.63, 3.8) is 0 Å². The molecule has 0 N–H and O–H groups in total. The Morgan fingerprint density at radius 2 is 2.00 bits per heavy atom. The molecule has 0 amide bonds. The molecule has 1 atom stereocenters. The van der Waals surface area contributed by atoms with Crippen molar-refractivity contribution in [1.29, 1.82) is 0 Å². The molecular weight excluding hydrogens is 278 g/mol. The first kappa shape index (κ1) is 16.5. The van der Waals surface area contributed by atoms with Crippen LogP contribution in [-0.4, -0.2) is 29.1 Å². The molecule has 0 heterocycles. The zero-order valence-electron chi connectivity index (χ0n) is 11.7. The molecule has 7 heteroatoms. The van der Waals surface area contributed by atoms with Crippen molar-refractivity contribution in [2.24, 2.45) is 5.92 Å². The number of benzene rings is 1. The Hall–Kier alpha value is -2.57. The van der Waals surface area contributed by atoms with Crippen molar-refractivity contribution >= 4 is 23.2 Å². The number of non-ortho nitro benzene ring substituents is 1. The van der Waals surface area contributed by atoms with Crippen LogP contribution in [0.5, 0.6) is 0 Å². The van der Waals surface area contributed by atoms with Gasteiger partial charge >= 0.3 is 5.97 Å². The third kappa shape index (κ3) is 4.48. The van der Waals surface area contributed by atoms with Crippen LogP contribution in [-0.2, 0) is 14.3 Å². The van der Waals surface area contributed by atoms with Crippen molar-refractivity contribution in [2.45, 2.75) is 20.3 Å². The Labute approximate surface area is 121 Å². The van der Waals surface area contributed by atoms with Crippen LogP contribution in [0.1, 0.15) is 30.6 Å². The number of rotatable bonds is 7. The zero-order chi connectivity index (χ0) is 16.0. The van der Waals surface area contributed by atoms with Crippen LogP contribution in [0.15, 0.2) is 24.3 Å². The molecule has 0 radical (unpaired) electrons. The molecule has 112 valence electrons. The largest absolute Gasteiger partial charge is 0.465 e. The number of esters is 1. The SMILES string of the molecule is CCOC(=O)[C@H](CC(=O)c1cccc([N+](=O)[O-])c1)C(C)=O. The standard InChI is InChI=1S/C14H15NO6/c1-3-21-14(18)12(9(2)16)8-13(17)10-5-4-6-11(7-10)15(19)20/h4-7,12H,3,8H2,1-2H3/t12-/m1/s1. The maximum absolute atomic E-state index is 12.1. The van der Waals surface area contributed by atoms with Crippen LogP contribution in [0.3, 0.4) is 0 Å². The zero-order valence-corrected chi connectivity index (χ0v) is 11.7. The number of nitro groups is 1. The van der Waals surface area contributed by atoms with Crippen LogP contribution >= 0.6 is 0 Å². The smallest absolute Gasteiger partial charge is 0.316 e. The van der Waals surface area contributed by atoms with E-state index in [2.05, 4.69) is 0 Å². The number of hydrogen-bond donors (Lipinski definition) is 0. The van der Waals surface area contributed by atoms with Gasteiger partial charge in [0, 0.05) is 24.1 Å². The fraction of sp³-hybridized carbons (Fsp3) is 0.357. The van der Waals surface area contributed by atoms with Gasteiger partial charge in [-0.3, -0.25) is 24.5 Å². The Balaban J connectivity index is 2.92. The van der Waals surface area contributed by atoms with E-state index >= 15 is 0 Å². The molecule has 0 spiro atoms. The minimum Gasteiger partial charge on any atom is -0.465 e. The van der Waals surface area contributed by atoms with Crippen molar-refractivity contribution in [2.75, 3.05) is 6.61 Å². The number of ketones is 2. The monoisotopic (exact) mass is 293 g/mol. The quantitative estimate of drug-likeness (QED) is 0.250. The lowest BCUT2D eigenvalue weighted by atomic mass is 9.95.